The molecule has 0 spiro atoms. The summed E-state index contributed by atoms with van der Waals surface area (Å²) >= 11 is 0. The maximum atomic E-state index is 12.7. The number of carbonyl (C=O) groups is 1. The Balaban J connectivity index is 1.72. The number of methoxy groups -OCH3 is 2. The summed E-state index contributed by atoms with van der Waals surface area (Å²) in [5, 5.41) is 3.92. The van der Waals surface area contributed by atoms with Crippen LogP contribution in [-0.4, -0.2) is 43.3 Å². The van der Waals surface area contributed by atoms with Gasteiger partial charge in [-0.1, -0.05) is 5.16 Å². The van der Waals surface area contributed by atoms with Crippen LogP contribution in [0.4, 0.5) is 0 Å². The van der Waals surface area contributed by atoms with Gasteiger partial charge in [0.15, 0.2) is 0 Å². The van der Waals surface area contributed by atoms with Gasteiger partial charge in [0.25, 0.3) is 0 Å². The third kappa shape index (κ3) is 3.48. The average Bonchev–Trinajstić information content (AvgIpc) is 3.23. The maximum absolute atomic E-state index is 12.7. The highest BCUT2D eigenvalue weighted by molar-refractivity contribution is 5.79. The fraction of sp³-hybridized carbons (Fsp3) is 0.474. The molecule has 6 heteroatoms. The molecule has 0 N–H and O–H groups in total. The molecule has 0 bridgehead atoms. The van der Waals surface area contributed by atoms with Crippen LogP contribution in [0, 0.1) is 13.8 Å². The summed E-state index contributed by atoms with van der Waals surface area (Å²) in [5.41, 5.74) is 2.78. The van der Waals surface area contributed by atoms with Gasteiger partial charge in [0, 0.05) is 30.1 Å². The van der Waals surface area contributed by atoms with Crippen molar-refractivity contribution in [3.05, 3.63) is 40.8 Å². The van der Waals surface area contributed by atoms with Crippen LogP contribution < -0.4 is 9.47 Å². The molecule has 1 saturated heterocycles. The lowest BCUT2D eigenvalue weighted by Crippen LogP contribution is -2.30. The Bertz CT molecular complexity index is 749. The van der Waals surface area contributed by atoms with Gasteiger partial charge >= 0.3 is 0 Å². The number of hydrogen-bond acceptors (Lipinski definition) is 5. The second-order valence-corrected chi connectivity index (χ2v) is 6.41. The molecule has 0 radical (unpaired) electrons. The number of ether oxygens (including phenoxy) is 2. The van der Waals surface area contributed by atoms with E-state index < -0.39 is 0 Å². The first-order chi connectivity index (χ1) is 12.0. The van der Waals surface area contributed by atoms with Crippen LogP contribution in [-0.2, 0) is 11.2 Å². The van der Waals surface area contributed by atoms with Crippen molar-refractivity contribution in [1.82, 2.24) is 10.1 Å². The molecule has 1 aromatic heterocycles. The predicted molar refractivity (Wildman–Crippen MR) is 93.2 cm³/mol. The van der Waals surface area contributed by atoms with E-state index in [0.29, 0.717) is 13.0 Å². The number of benzene rings is 1. The van der Waals surface area contributed by atoms with Crippen molar-refractivity contribution in [3.63, 3.8) is 0 Å². The summed E-state index contributed by atoms with van der Waals surface area (Å²) in [6.45, 7) is 5.14. The number of amides is 1. The van der Waals surface area contributed by atoms with Crippen molar-refractivity contribution in [2.24, 2.45) is 0 Å². The van der Waals surface area contributed by atoms with Crippen molar-refractivity contribution >= 4 is 5.91 Å². The first-order valence-electron chi connectivity index (χ1n) is 8.45. The normalized spacial score (nSPS) is 17.0. The molecule has 0 aliphatic carbocycles. The Morgan fingerprint density at radius 2 is 2.12 bits per heavy atom. The fourth-order valence-electron chi connectivity index (χ4n) is 3.42. The van der Waals surface area contributed by atoms with Gasteiger partial charge in [0.05, 0.1) is 26.3 Å². The average molecular weight is 344 g/mol. The van der Waals surface area contributed by atoms with Crippen LogP contribution in [0.5, 0.6) is 11.5 Å². The van der Waals surface area contributed by atoms with Crippen molar-refractivity contribution in [1.29, 1.82) is 0 Å². The molecule has 1 amide bonds. The highest BCUT2D eigenvalue weighted by Crippen LogP contribution is 2.36. The number of hydrogen-bond donors (Lipinski definition) is 0. The van der Waals surface area contributed by atoms with Gasteiger partial charge in [-0.15, -0.1) is 0 Å². The van der Waals surface area contributed by atoms with Gasteiger partial charge in [-0.3, -0.25) is 4.79 Å². The van der Waals surface area contributed by atoms with Crippen LogP contribution in [0.25, 0.3) is 0 Å². The lowest BCUT2D eigenvalue weighted by Gasteiger charge is -2.18. The Morgan fingerprint density at radius 1 is 1.32 bits per heavy atom. The van der Waals surface area contributed by atoms with E-state index in [-0.39, 0.29) is 11.8 Å². The van der Waals surface area contributed by atoms with Crippen molar-refractivity contribution in [3.8, 4) is 11.5 Å². The predicted octanol–water partition coefficient (Wildman–Crippen LogP) is 2.87. The molecule has 1 aliphatic heterocycles. The van der Waals surface area contributed by atoms with E-state index in [1.807, 2.05) is 36.9 Å². The first-order valence-corrected chi connectivity index (χ1v) is 8.45. The van der Waals surface area contributed by atoms with Gasteiger partial charge in [-0.05, 0) is 38.5 Å². The molecular formula is C19H24N2O4. The molecule has 1 fully saturated rings. The van der Waals surface area contributed by atoms with E-state index in [9.17, 15) is 4.79 Å². The molecule has 1 aromatic carbocycles. The van der Waals surface area contributed by atoms with Gasteiger partial charge < -0.3 is 18.9 Å². The van der Waals surface area contributed by atoms with Crippen LogP contribution in [0.15, 0.2) is 22.7 Å². The van der Waals surface area contributed by atoms with E-state index in [2.05, 4.69) is 5.16 Å². The minimum absolute atomic E-state index is 0.110. The van der Waals surface area contributed by atoms with Crippen molar-refractivity contribution in [2.75, 3.05) is 27.3 Å². The lowest BCUT2D eigenvalue weighted by atomic mass is 9.97. The minimum Gasteiger partial charge on any atom is -0.497 e. The minimum atomic E-state index is 0.110. The lowest BCUT2D eigenvalue weighted by molar-refractivity contribution is -0.129. The molecule has 1 atom stereocenters. The number of rotatable bonds is 5. The summed E-state index contributed by atoms with van der Waals surface area (Å²) in [6.07, 6.45) is 1.25. The van der Waals surface area contributed by atoms with Crippen molar-refractivity contribution in [2.45, 2.75) is 32.6 Å². The molecular weight excluding hydrogens is 320 g/mol. The molecule has 134 valence electrons. The SMILES string of the molecule is COc1ccc(OC)c([C@H]2CCN(C(=O)Cc3c(C)noc3C)C2)c1. The summed E-state index contributed by atoms with van der Waals surface area (Å²) in [7, 11) is 3.32. The summed E-state index contributed by atoms with van der Waals surface area (Å²) in [6, 6.07) is 5.81. The summed E-state index contributed by atoms with van der Waals surface area (Å²) in [5.74, 6) is 2.72. The molecule has 2 aromatic rings. The topological polar surface area (TPSA) is 64.8 Å². The Labute approximate surface area is 147 Å². The quantitative estimate of drug-likeness (QED) is 0.834. The highest BCUT2D eigenvalue weighted by Gasteiger charge is 2.30. The second kappa shape index (κ2) is 7.17. The number of aromatic nitrogens is 1. The van der Waals surface area contributed by atoms with E-state index >= 15 is 0 Å². The molecule has 0 saturated carbocycles. The Morgan fingerprint density at radius 3 is 2.76 bits per heavy atom. The zero-order valence-electron chi connectivity index (χ0n) is 15.2. The van der Waals surface area contributed by atoms with Crippen LogP contribution in [0.1, 0.15) is 34.9 Å². The zero-order chi connectivity index (χ0) is 18.0. The smallest absolute Gasteiger partial charge is 0.227 e. The number of carbonyl (C=O) groups excluding carboxylic acids is 1. The monoisotopic (exact) mass is 344 g/mol. The van der Waals surface area contributed by atoms with Gasteiger partial charge in [0.1, 0.15) is 17.3 Å². The van der Waals surface area contributed by atoms with Crippen molar-refractivity contribution < 1.29 is 18.8 Å². The standard InChI is InChI=1S/C19H24N2O4/c1-12-16(13(2)25-20-12)10-19(22)21-8-7-14(11-21)17-9-15(23-3)5-6-18(17)24-4/h5-6,9,14H,7-8,10-11H2,1-4H3/t14-/m0/s1. The maximum Gasteiger partial charge on any atom is 0.227 e. The van der Waals surface area contributed by atoms with E-state index in [4.69, 9.17) is 14.0 Å². The number of aryl methyl sites for hydroxylation is 2. The summed E-state index contributed by atoms with van der Waals surface area (Å²) in [4.78, 5) is 14.6. The van der Waals surface area contributed by atoms with E-state index in [1.165, 1.54) is 0 Å². The number of likely N-dealkylation sites (tertiary alicyclic amines) is 1. The third-order valence-electron chi connectivity index (χ3n) is 4.93. The third-order valence-corrected chi connectivity index (χ3v) is 4.93. The Hall–Kier alpha value is -2.50. The molecule has 0 unspecified atom stereocenters. The molecule has 1 aliphatic rings. The van der Waals surface area contributed by atoms with Crippen LogP contribution in [0.3, 0.4) is 0 Å². The van der Waals surface area contributed by atoms with Crippen LogP contribution in [0.2, 0.25) is 0 Å². The molecule has 2 heterocycles. The van der Waals surface area contributed by atoms with Gasteiger partial charge in [0.2, 0.25) is 5.91 Å². The summed E-state index contributed by atoms with van der Waals surface area (Å²) < 4.78 is 16.0. The fourth-order valence-corrected chi connectivity index (χ4v) is 3.42. The molecule has 6 nitrogen and oxygen atoms in total. The van der Waals surface area contributed by atoms with E-state index in [1.54, 1.807) is 14.2 Å². The first kappa shape index (κ1) is 17.3. The zero-order valence-corrected chi connectivity index (χ0v) is 15.2. The largest absolute Gasteiger partial charge is 0.497 e. The molecule has 3 rings (SSSR count). The highest BCUT2D eigenvalue weighted by atomic mass is 16.5. The van der Waals surface area contributed by atoms with Gasteiger partial charge in [-0.25, -0.2) is 0 Å². The Kier molecular flexibility index (Phi) is 4.97. The van der Waals surface area contributed by atoms with Gasteiger partial charge in [-0.2, -0.15) is 0 Å². The molecule has 25 heavy (non-hydrogen) atoms. The van der Waals surface area contributed by atoms with Crippen LogP contribution >= 0.6 is 0 Å². The second-order valence-electron chi connectivity index (χ2n) is 6.41. The van der Waals surface area contributed by atoms with E-state index in [0.717, 1.165) is 47.0 Å². The number of nitrogens with zero attached hydrogens (tertiary/aromatic N) is 2.